The summed E-state index contributed by atoms with van der Waals surface area (Å²) in [5, 5.41) is 1.03. The maximum absolute atomic E-state index is 5.57. The SMILES string of the molecule is CC.COc1c(-c2ncc(C)s2)cccc1C(C)C. The lowest BCUT2D eigenvalue weighted by Crippen LogP contribution is -1.96. The fraction of sp³-hybridized carbons (Fsp3) is 0.438. The lowest BCUT2D eigenvalue weighted by atomic mass is 9.99. The van der Waals surface area contributed by atoms with Gasteiger partial charge in [0.15, 0.2) is 0 Å². The van der Waals surface area contributed by atoms with Crippen molar-refractivity contribution in [3.63, 3.8) is 0 Å². The van der Waals surface area contributed by atoms with Crippen LogP contribution in [0.3, 0.4) is 0 Å². The summed E-state index contributed by atoms with van der Waals surface area (Å²) in [6.07, 6.45) is 1.90. The van der Waals surface area contributed by atoms with Crippen LogP contribution in [0.2, 0.25) is 0 Å². The van der Waals surface area contributed by atoms with Crippen LogP contribution in [0.5, 0.6) is 5.75 Å². The molecule has 3 heteroatoms. The van der Waals surface area contributed by atoms with Crippen LogP contribution in [0, 0.1) is 6.92 Å². The second-order valence-corrected chi connectivity index (χ2v) is 5.59. The van der Waals surface area contributed by atoms with Gasteiger partial charge in [-0.25, -0.2) is 4.98 Å². The molecular weight excluding hydrogens is 254 g/mol. The largest absolute Gasteiger partial charge is 0.496 e. The molecule has 0 saturated carbocycles. The molecule has 0 spiro atoms. The van der Waals surface area contributed by atoms with Crippen LogP contribution in [0.15, 0.2) is 24.4 Å². The first-order chi connectivity index (χ1) is 9.13. The Labute approximate surface area is 120 Å². The number of aromatic nitrogens is 1. The molecule has 2 rings (SSSR count). The normalized spacial score (nSPS) is 10.1. The molecule has 0 radical (unpaired) electrons. The van der Waals surface area contributed by atoms with Crippen LogP contribution < -0.4 is 4.74 Å². The van der Waals surface area contributed by atoms with Gasteiger partial charge in [0, 0.05) is 11.1 Å². The number of nitrogens with zero attached hydrogens (tertiary/aromatic N) is 1. The molecule has 0 aliphatic rings. The summed E-state index contributed by atoms with van der Waals surface area (Å²) >= 11 is 1.70. The number of methoxy groups -OCH3 is 1. The molecule has 0 atom stereocenters. The zero-order valence-corrected chi connectivity index (χ0v) is 13.5. The minimum Gasteiger partial charge on any atom is -0.496 e. The van der Waals surface area contributed by atoms with E-state index in [1.165, 1.54) is 10.4 Å². The highest BCUT2D eigenvalue weighted by Gasteiger charge is 2.14. The lowest BCUT2D eigenvalue weighted by molar-refractivity contribution is 0.409. The topological polar surface area (TPSA) is 22.1 Å². The highest BCUT2D eigenvalue weighted by molar-refractivity contribution is 7.15. The molecule has 1 heterocycles. The van der Waals surface area contributed by atoms with Crippen LogP contribution in [0.4, 0.5) is 0 Å². The minimum absolute atomic E-state index is 0.450. The standard InChI is InChI=1S/C14H17NOS.C2H6/c1-9(2)11-6-5-7-12(13(11)16-4)14-15-8-10(3)17-14;1-2/h5-9H,1-4H3;1-2H3. The van der Waals surface area contributed by atoms with E-state index in [1.54, 1.807) is 18.4 Å². The van der Waals surface area contributed by atoms with Gasteiger partial charge in [0.05, 0.1) is 12.7 Å². The molecule has 2 aromatic rings. The first kappa shape index (κ1) is 15.7. The maximum Gasteiger partial charge on any atom is 0.132 e. The molecular formula is C16H23NOS. The van der Waals surface area contributed by atoms with Gasteiger partial charge in [-0.1, -0.05) is 39.8 Å². The minimum atomic E-state index is 0.450. The Bertz CT molecular complexity index is 517. The second-order valence-electron chi connectivity index (χ2n) is 4.36. The van der Waals surface area contributed by atoms with Crippen molar-refractivity contribution >= 4 is 11.3 Å². The molecule has 2 nitrogen and oxygen atoms in total. The third-order valence-corrected chi connectivity index (χ3v) is 3.67. The third-order valence-electron chi connectivity index (χ3n) is 2.72. The molecule has 0 amide bonds. The molecule has 0 N–H and O–H groups in total. The van der Waals surface area contributed by atoms with Gasteiger partial charge in [0.25, 0.3) is 0 Å². The van der Waals surface area contributed by atoms with Crippen molar-refractivity contribution in [1.82, 2.24) is 4.98 Å². The van der Waals surface area contributed by atoms with Crippen LogP contribution >= 0.6 is 11.3 Å². The van der Waals surface area contributed by atoms with Gasteiger partial charge in [0.1, 0.15) is 10.8 Å². The van der Waals surface area contributed by atoms with Crippen molar-refractivity contribution in [2.75, 3.05) is 7.11 Å². The van der Waals surface area contributed by atoms with E-state index in [0.717, 1.165) is 16.3 Å². The molecule has 1 aromatic heterocycles. The molecule has 0 bridgehead atoms. The summed E-state index contributed by atoms with van der Waals surface area (Å²) in [5.74, 6) is 1.41. The number of rotatable bonds is 3. The van der Waals surface area contributed by atoms with Gasteiger partial charge in [-0.3, -0.25) is 0 Å². The number of para-hydroxylation sites is 1. The van der Waals surface area contributed by atoms with E-state index in [4.69, 9.17) is 4.74 Å². The van der Waals surface area contributed by atoms with Crippen LogP contribution in [0.25, 0.3) is 10.6 Å². The molecule has 0 aliphatic carbocycles. The van der Waals surface area contributed by atoms with Gasteiger partial charge in [0.2, 0.25) is 0 Å². The van der Waals surface area contributed by atoms with E-state index in [-0.39, 0.29) is 0 Å². The van der Waals surface area contributed by atoms with E-state index in [1.807, 2.05) is 20.0 Å². The summed E-state index contributed by atoms with van der Waals surface area (Å²) in [5.41, 5.74) is 2.33. The predicted octanol–water partition coefficient (Wildman–Crippen LogP) is 5.28. The molecule has 104 valence electrons. The van der Waals surface area contributed by atoms with Gasteiger partial charge in [-0.05, 0) is 24.5 Å². The first-order valence-corrected chi connectivity index (χ1v) is 7.54. The van der Waals surface area contributed by atoms with Gasteiger partial charge >= 0.3 is 0 Å². The van der Waals surface area contributed by atoms with Crippen molar-refractivity contribution < 1.29 is 4.74 Å². The number of hydrogen-bond donors (Lipinski definition) is 0. The van der Waals surface area contributed by atoms with Crippen LogP contribution in [-0.4, -0.2) is 12.1 Å². The third kappa shape index (κ3) is 3.57. The summed E-state index contributed by atoms with van der Waals surface area (Å²) in [7, 11) is 1.73. The van der Waals surface area contributed by atoms with Gasteiger partial charge in [-0.2, -0.15) is 0 Å². The molecule has 19 heavy (non-hydrogen) atoms. The smallest absolute Gasteiger partial charge is 0.132 e. The van der Waals surface area contributed by atoms with E-state index < -0.39 is 0 Å². The summed E-state index contributed by atoms with van der Waals surface area (Å²) in [6, 6.07) is 6.26. The molecule has 1 aromatic carbocycles. The van der Waals surface area contributed by atoms with E-state index in [0.29, 0.717) is 5.92 Å². The van der Waals surface area contributed by atoms with Crippen molar-refractivity contribution in [2.24, 2.45) is 0 Å². The van der Waals surface area contributed by atoms with Crippen molar-refractivity contribution in [3.05, 3.63) is 34.8 Å². The van der Waals surface area contributed by atoms with Crippen LogP contribution in [-0.2, 0) is 0 Å². The molecule has 0 aliphatic heterocycles. The van der Waals surface area contributed by atoms with Gasteiger partial charge < -0.3 is 4.74 Å². The molecule has 0 saturated heterocycles. The highest BCUT2D eigenvalue weighted by atomic mass is 32.1. The highest BCUT2D eigenvalue weighted by Crippen LogP contribution is 2.37. The number of thiazole rings is 1. The number of hydrogen-bond acceptors (Lipinski definition) is 3. The van der Waals surface area contributed by atoms with Crippen LogP contribution in [0.1, 0.15) is 44.1 Å². The fourth-order valence-electron chi connectivity index (χ4n) is 1.88. The van der Waals surface area contributed by atoms with Crippen molar-refractivity contribution in [1.29, 1.82) is 0 Å². The summed E-state index contributed by atoms with van der Waals surface area (Å²) in [6.45, 7) is 10.4. The molecule has 0 unspecified atom stereocenters. The molecule has 0 fully saturated rings. The summed E-state index contributed by atoms with van der Waals surface area (Å²) < 4.78 is 5.57. The fourth-order valence-corrected chi connectivity index (χ4v) is 2.67. The zero-order valence-electron chi connectivity index (χ0n) is 12.7. The lowest BCUT2D eigenvalue weighted by Gasteiger charge is -2.14. The van der Waals surface area contributed by atoms with E-state index >= 15 is 0 Å². The Hall–Kier alpha value is -1.35. The summed E-state index contributed by atoms with van der Waals surface area (Å²) in [4.78, 5) is 5.65. The monoisotopic (exact) mass is 277 g/mol. The average Bonchev–Trinajstić information content (AvgIpc) is 2.86. The average molecular weight is 277 g/mol. The number of ether oxygens (including phenoxy) is 1. The Morgan fingerprint density at radius 2 is 1.89 bits per heavy atom. The predicted molar refractivity (Wildman–Crippen MR) is 84.3 cm³/mol. The zero-order chi connectivity index (χ0) is 14.4. The van der Waals surface area contributed by atoms with Crippen molar-refractivity contribution in [2.45, 2.75) is 40.5 Å². The Morgan fingerprint density at radius 3 is 2.37 bits per heavy atom. The second kappa shape index (κ2) is 7.29. The first-order valence-electron chi connectivity index (χ1n) is 6.73. The number of aryl methyl sites for hydroxylation is 1. The number of benzene rings is 1. The van der Waals surface area contributed by atoms with Gasteiger partial charge in [-0.15, -0.1) is 11.3 Å². The van der Waals surface area contributed by atoms with Crippen molar-refractivity contribution in [3.8, 4) is 16.3 Å². The Kier molecular flexibility index (Phi) is 6.03. The maximum atomic E-state index is 5.57. The Morgan fingerprint density at radius 1 is 1.21 bits per heavy atom. The van der Waals surface area contributed by atoms with E-state index in [2.05, 4.69) is 44.0 Å². The Balaban J connectivity index is 0.000000861. The quantitative estimate of drug-likeness (QED) is 0.761. The van der Waals surface area contributed by atoms with E-state index in [9.17, 15) is 0 Å².